The van der Waals surface area contributed by atoms with Gasteiger partial charge < -0.3 is 71.7 Å². The molecule has 2 unspecified atom stereocenters. The number of nitrogens with zero attached hydrogens (tertiary/aromatic N) is 9. The summed E-state index contributed by atoms with van der Waals surface area (Å²) in [4.78, 5) is 153. The third-order valence-corrected chi connectivity index (χ3v) is 35.4. The Bertz CT molecular complexity index is 5570. The van der Waals surface area contributed by atoms with Crippen LogP contribution >= 0.6 is 0 Å². The number of rotatable bonds is 12. The van der Waals surface area contributed by atoms with Crippen LogP contribution in [0.4, 0.5) is 26.3 Å². The predicted molar refractivity (Wildman–Crippen MR) is 512 cm³/mol. The van der Waals surface area contributed by atoms with Gasteiger partial charge in [-0.05, 0) is 223 Å². The largest absolute Gasteiger partial charge is 0.540 e. The van der Waals surface area contributed by atoms with Crippen LogP contribution in [-0.4, -0.2) is 194 Å². The van der Waals surface area contributed by atoms with Gasteiger partial charge in [0.2, 0.25) is 35.4 Å². The molecular weight excluding hydrogens is 1990 g/mol. The fourth-order valence-electron chi connectivity index (χ4n) is 26.5. The van der Waals surface area contributed by atoms with Crippen LogP contribution in [0.3, 0.4) is 0 Å². The molecule has 6 aliphatic heterocycles. The Hall–Kier alpha value is -8.36. The Balaban J connectivity index is 0.000000170. The molecule has 7 aliphatic carbocycles. The van der Waals surface area contributed by atoms with E-state index in [0.717, 1.165) is 103 Å². The molecule has 36 heteroatoms. The van der Waals surface area contributed by atoms with E-state index in [2.05, 4.69) is 62.6 Å². The number of alkyl halides is 6. The molecule has 20 atom stereocenters. The first-order valence-electron chi connectivity index (χ1n) is 52.3. The molecule has 3 aromatic heterocycles. The van der Waals surface area contributed by atoms with Crippen molar-refractivity contribution >= 4 is 87.6 Å². The minimum Gasteiger partial charge on any atom is -0.540 e. The molecule has 6 bridgehead atoms. The molecule has 9 heterocycles. The molecule has 3 radical (unpaired) electrons. The van der Waals surface area contributed by atoms with E-state index < -0.39 is 165 Å². The van der Waals surface area contributed by atoms with Gasteiger partial charge in [0.1, 0.15) is 52.9 Å². The van der Waals surface area contributed by atoms with Crippen LogP contribution < -0.4 is 28.4 Å². The van der Waals surface area contributed by atoms with Gasteiger partial charge in [-0.3, -0.25) is 28.8 Å². The SMILES string of the molecule is CC[C@@H]1[C@@H]2CN(C(=O)[C@H](C3(C)CCCC3)CC(=O)O[C@@H]3CC4CC4[C@H]3CCCCC(F)(F)c3nc4ccc(OC)cc4nc3O2)[C@@H]1[C-]=O.CC[C@@H]1[C@@H]2CN(C(=O)[C@H](C3(C)CCCC3)CC(=O)O[C@]3(C)CCC[C@H]3CCCCC(F)(F)c3nc4ccc(OC)cc4nc3O2)[C@@H]1[C-]=O.CC[C@@H]1[C@@H]2CN(C(=O)[C@H](C3(C)CCCC3)CC(=O)O[C@]3(C)C[C@H]3CCCCC(F)(F)c3nc4ccc(OC)cc4nc3O2)[C@@H]1[C-]=O.[V].[V].[V]. The number of halogens is 6. The second kappa shape index (κ2) is 45.8. The summed E-state index contributed by atoms with van der Waals surface area (Å²) in [6.07, 6.45) is 23.0. The third-order valence-electron chi connectivity index (χ3n) is 35.4. The van der Waals surface area contributed by atoms with Crippen molar-refractivity contribution in [1.29, 1.82) is 0 Å². The van der Waals surface area contributed by atoms with Crippen LogP contribution in [0.2, 0.25) is 0 Å². The zero-order chi connectivity index (χ0) is 101. The van der Waals surface area contributed by atoms with E-state index in [1.165, 1.54) is 36.0 Å². The fraction of sp³-hybridized carbons (Fsp3) is 0.697. The number of aromatic nitrogens is 6. The molecule has 3 aromatic carbocycles. The average Bonchev–Trinajstić information content (AvgIpc) is 1.68. The van der Waals surface area contributed by atoms with E-state index >= 15 is 26.3 Å². The summed E-state index contributed by atoms with van der Waals surface area (Å²) in [6, 6.07) is 11.7. The van der Waals surface area contributed by atoms with Gasteiger partial charge in [-0.25, -0.2) is 48.8 Å². The number of hydrogen-bond donors (Lipinski definition) is 0. The first kappa shape index (κ1) is 112. The zero-order valence-corrected chi connectivity index (χ0v) is 89.3. The molecule has 13 aliphatic rings. The van der Waals surface area contributed by atoms with Crippen molar-refractivity contribution in [3.8, 4) is 34.9 Å². The van der Waals surface area contributed by atoms with Gasteiger partial charge in [0.05, 0.1) is 111 Å². The summed E-state index contributed by atoms with van der Waals surface area (Å²) in [7, 11) is 4.52. The number of fused-ring (bicyclic) bond motifs is 17. The number of carbonyl (C=O) groups is 6. The molecule has 3 saturated heterocycles. The summed E-state index contributed by atoms with van der Waals surface area (Å²) < 4.78 is 150. The van der Waals surface area contributed by atoms with E-state index in [0.29, 0.717) is 116 Å². The van der Waals surface area contributed by atoms with Gasteiger partial charge in [-0.1, -0.05) is 137 Å². The van der Waals surface area contributed by atoms with E-state index in [1.807, 2.05) is 41.5 Å². The van der Waals surface area contributed by atoms with E-state index in [1.54, 1.807) is 54.6 Å². The van der Waals surface area contributed by atoms with Gasteiger partial charge in [-0.2, -0.15) is 26.3 Å². The first-order valence-corrected chi connectivity index (χ1v) is 52.3. The fourth-order valence-corrected chi connectivity index (χ4v) is 26.5. The van der Waals surface area contributed by atoms with Gasteiger partial charge in [0.25, 0.3) is 17.8 Å². The standard InChI is InChI=1S/C37H46F2N3O6.C37H48F2N3O6.C35H44F2N3O6.3V/c1-4-23-29(20-43)42-19-31(23)48-34-33(40-27-11-10-22(46-3)17-28(27)41-34)37(38,39)14-6-5-9-24-25-15-21(25)16-30(24)47-32(44)18-26(35(42)45)36(2)12-7-8-13-36;1-5-25-29(22-43)42-21-30(25)47-33-32(40-27-14-13-24(46-4)19-28(27)41-33)37(38,39)18-7-6-11-23-12-10-17-36(23,3)48-31(44)20-26(34(42)45)35(2)15-8-9-16-35;1-5-23-27(20-41)40-19-28(23)45-31-30(38-25-12-11-22(44-4)16-26(25)39-31)35(36,37)15-7-6-10-21-18-34(21,3)46-29(42)17-24(32(40)43)33(2)13-8-9-14-33;;;/h10-11,17,21,23-26,29-31H,4-9,12-16,18-19H2,1-3H3;13-14,19,23,25-26,29-30H,5-12,15-18,20-21H2,1-4H3;11-12,16,21,23-24,27-28H,5-10,13-15,17-19H2,1-4H3;;;/q3*-1;;;/t21?,23-,24+,25?,26+,29+,30+,31-;23-,25+,26-,29-,30+,36-;21-,23+,24-,27-,28+,34-;;;/m011.../s1. The minimum atomic E-state index is -3.36. The summed E-state index contributed by atoms with van der Waals surface area (Å²) in [5, 5.41) is 0. The van der Waals surface area contributed by atoms with Gasteiger partial charge in [0.15, 0.2) is 17.1 Å². The summed E-state index contributed by atoms with van der Waals surface area (Å²) in [6.45, 7) is 15.5. The molecular formula is C109H138F6N9O18V3-3. The Morgan fingerprint density at radius 2 is 0.690 bits per heavy atom. The van der Waals surface area contributed by atoms with Crippen molar-refractivity contribution in [2.24, 2.45) is 81.3 Å². The van der Waals surface area contributed by atoms with Crippen LogP contribution in [0.1, 0.15) is 304 Å². The third kappa shape index (κ3) is 23.4. The maximum Gasteiger partial charge on any atom is 0.307 e. The van der Waals surface area contributed by atoms with Crippen LogP contribution in [0.5, 0.6) is 34.9 Å². The van der Waals surface area contributed by atoms with Crippen molar-refractivity contribution < 1.29 is 168 Å². The van der Waals surface area contributed by atoms with Gasteiger partial charge >= 0.3 is 17.9 Å². The molecule has 3 amide bonds. The van der Waals surface area contributed by atoms with Crippen molar-refractivity contribution in [3.05, 3.63) is 71.7 Å². The second-order valence-corrected chi connectivity index (χ2v) is 44.4. The second-order valence-electron chi connectivity index (χ2n) is 44.4. The van der Waals surface area contributed by atoms with Crippen LogP contribution in [0.25, 0.3) is 33.1 Å². The van der Waals surface area contributed by atoms with E-state index in [-0.39, 0.29) is 196 Å². The number of methoxy groups -OCH3 is 3. The van der Waals surface area contributed by atoms with Crippen molar-refractivity contribution in [3.63, 3.8) is 0 Å². The maximum atomic E-state index is 16.2. The molecule has 145 heavy (non-hydrogen) atoms. The molecule has 7 saturated carbocycles. The molecule has 6 aromatic rings. The smallest absolute Gasteiger partial charge is 0.307 e. The number of amides is 3. The Kier molecular flexibility index (Phi) is 35.5. The average molecular weight is 2130 g/mol. The monoisotopic (exact) mass is 2130 g/mol. The normalized spacial score (nSPS) is 32.6. The molecule has 0 N–H and O–H groups in total. The number of hydrogen-bond acceptors (Lipinski definition) is 24. The minimum absolute atomic E-state index is 0. The molecule has 27 nitrogen and oxygen atoms in total. The summed E-state index contributed by atoms with van der Waals surface area (Å²) in [5.41, 5.74) is -2.49. The first-order chi connectivity index (χ1) is 67.9. The van der Waals surface area contributed by atoms with Crippen molar-refractivity contribution in [2.75, 3.05) is 41.0 Å². The molecule has 787 valence electrons. The topological polar surface area (TPSA) is 324 Å². The van der Waals surface area contributed by atoms with E-state index in [9.17, 15) is 43.2 Å². The Labute approximate surface area is 881 Å². The number of carbonyl (C=O) groups excluding carboxylic acids is 9. The van der Waals surface area contributed by atoms with Crippen molar-refractivity contribution in [1.82, 2.24) is 44.6 Å². The number of esters is 3. The maximum absolute atomic E-state index is 16.2. The van der Waals surface area contributed by atoms with Crippen molar-refractivity contribution in [2.45, 2.75) is 358 Å². The summed E-state index contributed by atoms with van der Waals surface area (Å²) in [5.74, 6) is -14.1. The molecule has 0 spiro atoms. The molecule has 10 fully saturated rings. The van der Waals surface area contributed by atoms with E-state index in [4.69, 9.17) is 42.6 Å². The zero-order valence-electron chi connectivity index (χ0n) is 85.1. The molecule has 19 rings (SSSR count). The predicted octanol–water partition coefficient (Wildman–Crippen LogP) is 19.9. The number of ether oxygens (including phenoxy) is 9. The number of benzene rings is 3. The van der Waals surface area contributed by atoms with Gasteiger partial charge in [-0.15, -0.1) is 0 Å². The Morgan fingerprint density at radius 1 is 0.366 bits per heavy atom. The van der Waals surface area contributed by atoms with Gasteiger partial charge in [0, 0.05) is 99.0 Å². The Morgan fingerprint density at radius 3 is 1.03 bits per heavy atom. The van der Waals surface area contributed by atoms with Crippen LogP contribution in [0, 0.1) is 81.3 Å². The summed E-state index contributed by atoms with van der Waals surface area (Å²) >= 11 is 0. The van der Waals surface area contributed by atoms with Crippen LogP contribution in [0.15, 0.2) is 54.6 Å². The van der Waals surface area contributed by atoms with Crippen LogP contribution in [-0.2, 0) is 131 Å². The quantitative estimate of drug-likeness (QED) is 0.0475.